The van der Waals surface area contributed by atoms with Crippen LogP contribution < -0.4 is 4.90 Å². The number of rotatable bonds is 1. The van der Waals surface area contributed by atoms with Gasteiger partial charge < -0.3 is 14.7 Å². The standard InChI is InChI=1S/C13H15N3O2/c1-9-8-18-5-4-16(9)10-6-12-11(14-7-10)2-3-13(17)15-12/h2-3,6-7,9H,4-5,8H2,1H3,(H,15,17)/t9-/m0/s1. The maximum atomic E-state index is 9.41. The number of aromatic hydroxyl groups is 1. The van der Waals surface area contributed by atoms with Gasteiger partial charge in [-0.25, -0.2) is 4.98 Å². The molecule has 2 aromatic heterocycles. The van der Waals surface area contributed by atoms with E-state index < -0.39 is 0 Å². The minimum Gasteiger partial charge on any atom is -0.493 e. The van der Waals surface area contributed by atoms with Crippen LogP contribution in [0.2, 0.25) is 0 Å². The van der Waals surface area contributed by atoms with Gasteiger partial charge >= 0.3 is 0 Å². The summed E-state index contributed by atoms with van der Waals surface area (Å²) < 4.78 is 5.42. The van der Waals surface area contributed by atoms with Crippen LogP contribution in [-0.2, 0) is 4.74 Å². The number of ether oxygens (including phenoxy) is 1. The van der Waals surface area contributed by atoms with Crippen LogP contribution in [0, 0.1) is 0 Å². The van der Waals surface area contributed by atoms with Crippen LogP contribution in [0.25, 0.3) is 11.0 Å². The average molecular weight is 245 g/mol. The number of nitrogens with zero attached hydrogens (tertiary/aromatic N) is 3. The van der Waals surface area contributed by atoms with Crippen molar-refractivity contribution in [3.63, 3.8) is 0 Å². The number of anilines is 1. The number of morpholine rings is 1. The van der Waals surface area contributed by atoms with Crippen LogP contribution in [0.15, 0.2) is 24.4 Å². The Hall–Kier alpha value is -1.88. The zero-order valence-electron chi connectivity index (χ0n) is 10.2. The molecule has 3 heterocycles. The largest absolute Gasteiger partial charge is 0.493 e. The monoisotopic (exact) mass is 245 g/mol. The first kappa shape index (κ1) is 11.2. The van der Waals surface area contributed by atoms with Gasteiger partial charge in [-0.2, -0.15) is 0 Å². The van der Waals surface area contributed by atoms with Crippen LogP contribution >= 0.6 is 0 Å². The molecule has 1 aliphatic rings. The third kappa shape index (κ3) is 1.97. The van der Waals surface area contributed by atoms with Crippen LogP contribution in [0.4, 0.5) is 5.69 Å². The van der Waals surface area contributed by atoms with Crippen molar-refractivity contribution in [1.29, 1.82) is 0 Å². The molecule has 0 bridgehead atoms. The molecule has 1 N–H and O–H groups in total. The number of fused-ring (bicyclic) bond motifs is 1. The third-order valence-electron chi connectivity index (χ3n) is 3.21. The van der Waals surface area contributed by atoms with Crippen LogP contribution in [0.3, 0.4) is 0 Å². The summed E-state index contributed by atoms with van der Waals surface area (Å²) in [6, 6.07) is 5.61. The van der Waals surface area contributed by atoms with Gasteiger partial charge in [-0.3, -0.25) is 4.98 Å². The average Bonchev–Trinajstić information content (AvgIpc) is 2.38. The topological polar surface area (TPSA) is 58.5 Å². The maximum absolute atomic E-state index is 9.41. The van der Waals surface area contributed by atoms with E-state index in [0.29, 0.717) is 11.6 Å². The Balaban J connectivity index is 2.01. The first-order valence-electron chi connectivity index (χ1n) is 6.04. The van der Waals surface area contributed by atoms with E-state index in [0.717, 1.165) is 31.0 Å². The highest BCUT2D eigenvalue weighted by Crippen LogP contribution is 2.23. The molecule has 1 saturated heterocycles. The summed E-state index contributed by atoms with van der Waals surface area (Å²) in [5.74, 6) is 0.0245. The van der Waals surface area contributed by atoms with E-state index in [-0.39, 0.29) is 5.88 Å². The van der Waals surface area contributed by atoms with Gasteiger partial charge in [0.2, 0.25) is 5.88 Å². The fraction of sp³-hybridized carbons (Fsp3) is 0.385. The Morgan fingerprint density at radius 2 is 2.28 bits per heavy atom. The second kappa shape index (κ2) is 4.42. The van der Waals surface area contributed by atoms with Gasteiger partial charge in [0, 0.05) is 18.7 Å². The van der Waals surface area contributed by atoms with Crippen molar-refractivity contribution in [1.82, 2.24) is 9.97 Å². The Bertz CT molecular complexity index is 573. The molecule has 5 heteroatoms. The van der Waals surface area contributed by atoms with Crippen molar-refractivity contribution in [2.24, 2.45) is 0 Å². The van der Waals surface area contributed by atoms with Crippen molar-refractivity contribution < 1.29 is 9.84 Å². The van der Waals surface area contributed by atoms with Crippen molar-refractivity contribution >= 4 is 16.7 Å². The van der Waals surface area contributed by atoms with Crippen molar-refractivity contribution in [3.05, 3.63) is 24.4 Å². The number of aromatic nitrogens is 2. The van der Waals surface area contributed by atoms with Gasteiger partial charge in [0.15, 0.2) is 0 Å². The Morgan fingerprint density at radius 1 is 1.39 bits per heavy atom. The third-order valence-corrected chi connectivity index (χ3v) is 3.21. The SMILES string of the molecule is C[C@H]1COCCN1c1cnc2ccc(O)nc2c1. The van der Waals surface area contributed by atoms with E-state index in [9.17, 15) is 5.11 Å². The van der Waals surface area contributed by atoms with Gasteiger partial charge in [0.25, 0.3) is 0 Å². The molecule has 0 aliphatic carbocycles. The van der Waals surface area contributed by atoms with E-state index >= 15 is 0 Å². The first-order chi connectivity index (χ1) is 8.74. The van der Waals surface area contributed by atoms with E-state index in [2.05, 4.69) is 21.8 Å². The lowest BCUT2D eigenvalue weighted by molar-refractivity contribution is 0.0989. The van der Waals surface area contributed by atoms with E-state index in [1.54, 1.807) is 12.1 Å². The van der Waals surface area contributed by atoms with E-state index in [1.807, 2.05) is 12.3 Å². The highest BCUT2D eigenvalue weighted by Gasteiger charge is 2.19. The molecule has 0 saturated carbocycles. The molecule has 0 spiro atoms. The lowest BCUT2D eigenvalue weighted by Gasteiger charge is -2.35. The second-order valence-electron chi connectivity index (χ2n) is 4.52. The predicted molar refractivity (Wildman–Crippen MR) is 68.8 cm³/mol. The molecular weight excluding hydrogens is 230 g/mol. The summed E-state index contributed by atoms with van der Waals surface area (Å²) >= 11 is 0. The predicted octanol–water partition coefficient (Wildman–Crippen LogP) is 1.56. The summed E-state index contributed by atoms with van der Waals surface area (Å²) in [7, 11) is 0. The number of pyridine rings is 2. The van der Waals surface area contributed by atoms with E-state index in [4.69, 9.17) is 4.74 Å². The summed E-state index contributed by atoms with van der Waals surface area (Å²) in [5, 5.41) is 9.41. The summed E-state index contributed by atoms with van der Waals surface area (Å²) in [4.78, 5) is 10.7. The Morgan fingerprint density at radius 3 is 3.11 bits per heavy atom. The summed E-state index contributed by atoms with van der Waals surface area (Å²) in [5.41, 5.74) is 2.53. The number of hydrogen-bond acceptors (Lipinski definition) is 5. The zero-order valence-corrected chi connectivity index (χ0v) is 10.2. The summed E-state index contributed by atoms with van der Waals surface area (Å²) in [6.07, 6.45) is 1.85. The molecular formula is C13H15N3O2. The minimum atomic E-state index is 0.0245. The van der Waals surface area contributed by atoms with Gasteiger partial charge in [0.05, 0.1) is 36.1 Å². The molecule has 3 rings (SSSR count). The van der Waals surface area contributed by atoms with Gasteiger partial charge in [-0.15, -0.1) is 0 Å². The van der Waals surface area contributed by atoms with Crippen LogP contribution in [0.5, 0.6) is 5.88 Å². The lowest BCUT2D eigenvalue weighted by atomic mass is 10.2. The van der Waals surface area contributed by atoms with Gasteiger partial charge in [-0.1, -0.05) is 0 Å². The molecule has 1 aliphatic heterocycles. The molecule has 94 valence electrons. The van der Waals surface area contributed by atoms with E-state index in [1.165, 1.54) is 0 Å². The molecule has 0 amide bonds. The van der Waals surface area contributed by atoms with Crippen molar-refractivity contribution in [2.75, 3.05) is 24.7 Å². The molecule has 2 aromatic rings. The van der Waals surface area contributed by atoms with Crippen LogP contribution in [0.1, 0.15) is 6.92 Å². The molecule has 0 aromatic carbocycles. The molecule has 5 nitrogen and oxygen atoms in total. The van der Waals surface area contributed by atoms with Crippen molar-refractivity contribution in [2.45, 2.75) is 13.0 Å². The highest BCUT2D eigenvalue weighted by atomic mass is 16.5. The highest BCUT2D eigenvalue weighted by molar-refractivity contribution is 5.78. The van der Waals surface area contributed by atoms with Gasteiger partial charge in [0.1, 0.15) is 0 Å². The molecule has 18 heavy (non-hydrogen) atoms. The quantitative estimate of drug-likeness (QED) is 0.826. The normalized spacial score (nSPS) is 20.3. The smallest absolute Gasteiger partial charge is 0.211 e. The molecule has 1 fully saturated rings. The fourth-order valence-electron chi connectivity index (χ4n) is 2.25. The second-order valence-corrected chi connectivity index (χ2v) is 4.52. The maximum Gasteiger partial charge on any atom is 0.211 e. The lowest BCUT2D eigenvalue weighted by Crippen LogP contribution is -2.43. The Labute approximate surface area is 105 Å². The molecule has 0 radical (unpaired) electrons. The zero-order chi connectivity index (χ0) is 12.5. The fourth-order valence-corrected chi connectivity index (χ4v) is 2.25. The Kier molecular flexibility index (Phi) is 2.76. The van der Waals surface area contributed by atoms with Gasteiger partial charge in [-0.05, 0) is 19.1 Å². The van der Waals surface area contributed by atoms with Crippen LogP contribution in [-0.4, -0.2) is 40.9 Å². The first-order valence-corrected chi connectivity index (χ1v) is 6.04. The number of hydrogen-bond donors (Lipinski definition) is 1. The molecule has 0 unspecified atom stereocenters. The summed E-state index contributed by atoms with van der Waals surface area (Å²) in [6.45, 7) is 4.44. The van der Waals surface area contributed by atoms with Crippen molar-refractivity contribution in [3.8, 4) is 5.88 Å². The minimum absolute atomic E-state index is 0.0245. The molecule has 1 atom stereocenters.